The molecule has 3 rings (SSSR count). The summed E-state index contributed by atoms with van der Waals surface area (Å²) in [4.78, 5) is 13.7. The van der Waals surface area contributed by atoms with Gasteiger partial charge in [-0.15, -0.1) is 0 Å². The van der Waals surface area contributed by atoms with E-state index in [1.807, 2.05) is 13.8 Å². The molecule has 20 heavy (non-hydrogen) atoms. The van der Waals surface area contributed by atoms with E-state index < -0.39 is 0 Å². The summed E-state index contributed by atoms with van der Waals surface area (Å²) in [6, 6.07) is 0. The van der Waals surface area contributed by atoms with Crippen molar-refractivity contribution in [3.05, 3.63) is 12.4 Å². The highest BCUT2D eigenvalue weighted by molar-refractivity contribution is 5.48. The van der Waals surface area contributed by atoms with Gasteiger partial charge in [-0.1, -0.05) is 0 Å². The van der Waals surface area contributed by atoms with Crippen molar-refractivity contribution in [1.82, 2.24) is 14.9 Å². The molecule has 0 amide bonds. The maximum atomic E-state index is 5.77. The van der Waals surface area contributed by atoms with Crippen LogP contribution in [-0.2, 0) is 0 Å². The zero-order valence-electron chi connectivity index (χ0n) is 12.5. The van der Waals surface area contributed by atoms with Crippen LogP contribution in [0.5, 0.6) is 5.88 Å². The fourth-order valence-corrected chi connectivity index (χ4v) is 2.65. The zero-order valence-corrected chi connectivity index (χ0v) is 12.5. The van der Waals surface area contributed by atoms with E-state index in [2.05, 4.69) is 19.8 Å². The number of aromatic nitrogens is 2. The highest BCUT2D eigenvalue weighted by atomic mass is 16.5. The minimum Gasteiger partial charge on any atom is -0.472 e. The van der Waals surface area contributed by atoms with E-state index in [4.69, 9.17) is 4.74 Å². The van der Waals surface area contributed by atoms with Crippen molar-refractivity contribution >= 4 is 5.82 Å². The predicted octanol–water partition coefficient (Wildman–Crippen LogP) is 1.80. The molecule has 2 heterocycles. The van der Waals surface area contributed by atoms with Gasteiger partial charge in [0, 0.05) is 45.1 Å². The second-order valence-corrected chi connectivity index (χ2v) is 6.08. The Balaban J connectivity index is 1.61. The maximum Gasteiger partial charge on any atom is 0.257 e. The van der Waals surface area contributed by atoms with Gasteiger partial charge in [0.25, 0.3) is 5.88 Å². The average molecular weight is 276 g/mol. The zero-order chi connectivity index (χ0) is 13.9. The number of rotatable bonds is 5. The predicted molar refractivity (Wildman–Crippen MR) is 79.2 cm³/mol. The van der Waals surface area contributed by atoms with Gasteiger partial charge in [-0.25, -0.2) is 9.97 Å². The van der Waals surface area contributed by atoms with Crippen molar-refractivity contribution in [1.29, 1.82) is 0 Å². The lowest BCUT2D eigenvalue weighted by Gasteiger charge is -2.35. The maximum absolute atomic E-state index is 5.77. The molecule has 1 aliphatic carbocycles. The van der Waals surface area contributed by atoms with E-state index in [-0.39, 0.29) is 6.10 Å². The molecule has 0 N–H and O–H groups in total. The Morgan fingerprint density at radius 1 is 1.15 bits per heavy atom. The van der Waals surface area contributed by atoms with Gasteiger partial charge < -0.3 is 9.64 Å². The molecule has 2 fully saturated rings. The topological polar surface area (TPSA) is 41.5 Å². The van der Waals surface area contributed by atoms with Crippen molar-refractivity contribution in [3.8, 4) is 5.88 Å². The van der Waals surface area contributed by atoms with Gasteiger partial charge in [0.2, 0.25) is 0 Å². The molecule has 5 heteroatoms. The third-order valence-corrected chi connectivity index (χ3v) is 3.88. The van der Waals surface area contributed by atoms with E-state index >= 15 is 0 Å². The van der Waals surface area contributed by atoms with Gasteiger partial charge in [-0.2, -0.15) is 0 Å². The van der Waals surface area contributed by atoms with Crippen LogP contribution in [0.15, 0.2) is 12.4 Å². The first kappa shape index (κ1) is 13.6. The Morgan fingerprint density at radius 2 is 1.85 bits per heavy atom. The van der Waals surface area contributed by atoms with Gasteiger partial charge >= 0.3 is 0 Å². The summed E-state index contributed by atoms with van der Waals surface area (Å²) in [6.07, 6.45) is 6.43. The SMILES string of the molecule is CC(C)Oc1nccnc1N1CCN(CC2CC2)CC1. The van der Waals surface area contributed by atoms with Crippen molar-refractivity contribution in [2.75, 3.05) is 37.6 Å². The second-order valence-electron chi connectivity index (χ2n) is 6.08. The van der Waals surface area contributed by atoms with Crippen LogP contribution in [0.3, 0.4) is 0 Å². The largest absolute Gasteiger partial charge is 0.472 e. The molecule has 2 aliphatic rings. The van der Waals surface area contributed by atoms with Gasteiger partial charge in [0.05, 0.1) is 6.10 Å². The van der Waals surface area contributed by atoms with Gasteiger partial charge in [-0.3, -0.25) is 4.90 Å². The molecule has 5 nitrogen and oxygen atoms in total. The Hall–Kier alpha value is -1.36. The molecular formula is C15H24N4O. The quantitative estimate of drug-likeness (QED) is 0.820. The molecule has 0 aromatic carbocycles. The Morgan fingerprint density at radius 3 is 2.50 bits per heavy atom. The van der Waals surface area contributed by atoms with Crippen molar-refractivity contribution in [2.45, 2.75) is 32.8 Å². The number of ether oxygens (including phenoxy) is 1. The van der Waals surface area contributed by atoms with Crippen LogP contribution in [0.4, 0.5) is 5.82 Å². The van der Waals surface area contributed by atoms with Crippen LogP contribution in [0, 0.1) is 5.92 Å². The molecular weight excluding hydrogens is 252 g/mol. The minimum absolute atomic E-state index is 0.126. The summed E-state index contributed by atoms with van der Waals surface area (Å²) in [6.45, 7) is 9.59. The van der Waals surface area contributed by atoms with Gasteiger partial charge in [-0.05, 0) is 32.6 Å². The smallest absolute Gasteiger partial charge is 0.257 e. The molecule has 110 valence electrons. The van der Waals surface area contributed by atoms with Crippen LogP contribution in [0.25, 0.3) is 0 Å². The van der Waals surface area contributed by atoms with Crippen molar-refractivity contribution < 1.29 is 4.74 Å². The lowest BCUT2D eigenvalue weighted by atomic mass is 10.3. The van der Waals surface area contributed by atoms with E-state index in [0.717, 1.165) is 37.9 Å². The molecule has 1 saturated heterocycles. The first-order valence-corrected chi connectivity index (χ1v) is 7.67. The molecule has 0 unspecified atom stereocenters. The van der Waals surface area contributed by atoms with Crippen LogP contribution in [0.1, 0.15) is 26.7 Å². The standard InChI is InChI=1S/C15H24N4O/c1-12(2)20-15-14(16-5-6-17-15)19-9-7-18(8-10-19)11-13-3-4-13/h5-6,12-13H,3-4,7-11H2,1-2H3. The summed E-state index contributed by atoms with van der Waals surface area (Å²) in [7, 11) is 0. The average Bonchev–Trinajstić information content (AvgIpc) is 3.24. The lowest BCUT2D eigenvalue weighted by Crippen LogP contribution is -2.47. The molecule has 1 aromatic rings. The Kier molecular flexibility index (Phi) is 4.05. The van der Waals surface area contributed by atoms with E-state index in [1.165, 1.54) is 19.4 Å². The third kappa shape index (κ3) is 3.39. The van der Waals surface area contributed by atoms with Crippen molar-refractivity contribution in [2.24, 2.45) is 5.92 Å². The monoisotopic (exact) mass is 276 g/mol. The molecule has 1 saturated carbocycles. The molecule has 0 spiro atoms. The minimum atomic E-state index is 0.126. The summed E-state index contributed by atoms with van der Waals surface area (Å²) < 4.78 is 5.77. The number of hydrogen-bond donors (Lipinski definition) is 0. The van der Waals surface area contributed by atoms with Crippen LogP contribution in [0.2, 0.25) is 0 Å². The van der Waals surface area contributed by atoms with Crippen LogP contribution >= 0.6 is 0 Å². The number of piperazine rings is 1. The highest BCUT2D eigenvalue weighted by Crippen LogP contribution is 2.30. The Bertz CT molecular complexity index is 439. The molecule has 1 aliphatic heterocycles. The van der Waals surface area contributed by atoms with Gasteiger partial charge in [0.15, 0.2) is 5.82 Å². The van der Waals surface area contributed by atoms with E-state index in [1.54, 1.807) is 12.4 Å². The number of nitrogens with zero attached hydrogens (tertiary/aromatic N) is 4. The van der Waals surface area contributed by atoms with Gasteiger partial charge in [0.1, 0.15) is 0 Å². The Labute approximate surface area is 121 Å². The van der Waals surface area contributed by atoms with Crippen LogP contribution < -0.4 is 9.64 Å². The summed E-state index contributed by atoms with van der Waals surface area (Å²) >= 11 is 0. The van der Waals surface area contributed by atoms with E-state index in [0.29, 0.717) is 5.88 Å². The first-order valence-electron chi connectivity index (χ1n) is 7.67. The lowest BCUT2D eigenvalue weighted by molar-refractivity contribution is 0.226. The first-order chi connectivity index (χ1) is 9.72. The van der Waals surface area contributed by atoms with E-state index in [9.17, 15) is 0 Å². The summed E-state index contributed by atoms with van der Waals surface area (Å²) in [5.74, 6) is 2.53. The molecule has 0 atom stereocenters. The second kappa shape index (κ2) is 5.95. The van der Waals surface area contributed by atoms with Crippen molar-refractivity contribution in [3.63, 3.8) is 0 Å². The van der Waals surface area contributed by atoms with Crippen LogP contribution in [-0.4, -0.2) is 53.7 Å². The normalized spacial score (nSPS) is 20.4. The summed E-state index contributed by atoms with van der Waals surface area (Å²) in [5.41, 5.74) is 0. The molecule has 0 bridgehead atoms. The summed E-state index contributed by atoms with van der Waals surface area (Å²) in [5, 5.41) is 0. The third-order valence-electron chi connectivity index (χ3n) is 3.88. The number of anilines is 1. The number of hydrogen-bond acceptors (Lipinski definition) is 5. The fraction of sp³-hybridized carbons (Fsp3) is 0.733. The fourth-order valence-electron chi connectivity index (χ4n) is 2.65. The molecule has 0 radical (unpaired) electrons. The molecule has 1 aromatic heterocycles. The highest BCUT2D eigenvalue weighted by Gasteiger charge is 2.27.